The molecule has 0 fully saturated rings. The van der Waals surface area contributed by atoms with Gasteiger partial charge in [-0.15, -0.1) is 0 Å². The van der Waals surface area contributed by atoms with Crippen LogP contribution >= 0.6 is 0 Å². The topological polar surface area (TPSA) is 75.7 Å². The molecule has 0 aromatic heterocycles. The van der Waals surface area contributed by atoms with Crippen molar-refractivity contribution in [3.05, 3.63) is 90.0 Å². The number of sulfonamides is 1. The lowest BCUT2D eigenvalue weighted by Gasteiger charge is -2.25. The molecule has 0 aliphatic rings. The Kier molecular flexibility index (Phi) is 6.97. The van der Waals surface area contributed by atoms with Gasteiger partial charge < -0.3 is 10.1 Å². The highest BCUT2D eigenvalue weighted by molar-refractivity contribution is 7.92. The second-order valence-electron chi connectivity index (χ2n) is 7.23. The number of hydrogen-bond donors (Lipinski definition) is 1. The summed E-state index contributed by atoms with van der Waals surface area (Å²) in [5, 5.41) is 2.89. The van der Waals surface area contributed by atoms with E-state index in [1.54, 1.807) is 43.5 Å². The highest BCUT2D eigenvalue weighted by Gasteiger charge is 2.27. The van der Waals surface area contributed by atoms with Crippen LogP contribution in [-0.2, 0) is 14.8 Å². The van der Waals surface area contributed by atoms with Crippen LogP contribution in [0.25, 0.3) is 0 Å². The van der Waals surface area contributed by atoms with Gasteiger partial charge in [0.15, 0.2) is 0 Å². The Morgan fingerprint density at radius 2 is 1.68 bits per heavy atom. The summed E-state index contributed by atoms with van der Waals surface area (Å²) in [6.45, 7) is 3.40. The van der Waals surface area contributed by atoms with E-state index in [0.29, 0.717) is 5.69 Å². The van der Waals surface area contributed by atoms with Crippen LogP contribution < -0.4 is 14.4 Å². The first-order valence-corrected chi connectivity index (χ1v) is 11.3. The number of anilines is 1. The lowest BCUT2D eigenvalue weighted by atomic mass is 10.1. The molecule has 0 radical (unpaired) electrons. The molecular formula is C24H26N2O4S. The average molecular weight is 439 g/mol. The molecule has 1 atom stereocenters. The maximum atomic E-state index is 13.3. The molecular weight excluding hydrogens is 412 g/mol. The first kappa shape index (κ1) is 22.4. The van der Waals surface area contributed by atoms with Crippen molar-refractivity contribution in [3.63, 3.8) is 0 Å². The zero-order valence-electron chi connectivity index (χ0n) is 17.8. The molecule has 0 saturated heterocycles. The zero-order valence-corrected chi connectivity index (χ0v) is 18.6. The summed E-state index contributed by atoms with van der Waals surface area (Å²) in [5.41, 5.74) is 2.23. The molecule has 162 valence electrons. The van der Waals surface area contributed by atoms with Gasteiger partial charge in [0.2, 0.25) is 5.91 Å². The van der Waals surface area contributed by atoms with Crippen molar-refractivity contribution >= 4 is 21.6 Å². The number of rotatable bonds is 8. The summed E-state index contributed by atoms with van der Waals surface area (Å²) >= 11 is 0. The van der Waals surface area contributed by atoms with Crippen molar-refractivity contribution in [1.82, 2.24) is 5.32 Å². The monoisotopic (exact) mass is 438 g/mol. The molecule has 0 bridgehead atoms. The van der Waals surface area contributed by atoms with E-state index in [9.17, 15) is 13.2 Å². The van der Waals surface area contributed by atoms with Gasteiger partial charge in [-0.05, 0) is 61.4 Å². The van der Waals surface area contributed by atoms with E-state index in [1.165, 1.54) is 12.1 Å². The molecule has 0 spiro atoms. The number of hydrogen-bond acceptors (Lipinski definition) is 4. The minimum atomic E-state index is -3.92. The number of benzene rings is 3. The Labute approximate surface area is 183 Å². The van der Waals surface area contributed by atoms with Gasteiger partial charge in [-0.25, -0.2) is 8.42 Å². The first-order valence-electron chi connectivity index (χ1n) is 9.89. The summed E-state index contributed by atoms with van der Waals surface area (Å²) in [7, 11) is -2.33. The van der Waals surface area contributed by atoms with E-state index in [-0.39, 0.29) is 17.5 Å². The summed E-state index contributed by atoms with van der Waals surface area (Å²) in [6, 6.07) is 22.3. The second-order valence-corrected chi connectivity index (χ2v) is 9.09. The van der Waals surface area contributed by atoms with Gasteiger partial charge in [-0.3, -0.25) is 9.10 Å². The number of methoxy groups -OCH3 is 1. The van der Waals surface area contributed by atoms with E-state index in [0.717, 1.165) is 21.2 Å². The third-order valence-corrected chi connectivity index (χ3v) is 6.69. The Bertz CT molecular complexity index is 1130. The van der Waals surface area contributed by atoms with E-state index >= 15 is 0 Å². The number of ether oxygens (including phenoxy) is 1. The third-order valence-electron chi connectivity index (χ3n) is 4.90. The van der Waals surface area contributed by atoms with Crippen molar-refractivity contribution in [2.24, 2.45) is 0 Å². The van der Waals surface area contributed by atoms with Gasteiger partial charge in [0, 0.05) is 0 Å². The standard InChI is InChI=1S/C24H26N2O4S/c1-18-8-7-9-21(16-18)26(31(28,29)23-10-5-4-6-11-23)17-24(27)25-19(2)20-12-14-22(30-3)15-13-20/h4-16,19H,17H2,1-3H3,(H,25,27)/t19-/m1/s1. The van der Waals surface area contributed by atoms with Gasteiger partial charge >= 0.3 is 0 Å². The Hall–Kier alpha value is -3.32. The van der Waals surface area contributed by atoms with Crippen molar-refractivity contribution in [3.8, 4) is 5.75 Å². The van der Waals surface area contributed by atoms with Gasteiger partial charge in [0.25, 0.3) is 10.0 Å². The number of aryl methyl sites for hydroxylation is 1. The predicted octanol–water partition coefficient (Wildman–Crippen LogP) is 4.08. The number of amides is 1. The van der Waals surface area contributed by atoms with Gasteiger partial charge in [-0.1, -0.05) is 42.5 Å². The van der Waals surface area contributed by atoms with Crippen molar-refractivity contribution < 1.29 is 17.9 Å². The van der Waals surface area contributed by atoms with E-state index in [1.807, 2.05) is 44.2 Å². The number of carbonyl (C=O) groups excluding carboxylic acids is 1. The summed E-state index contributed by atoms with van der Waals surface area (Å²) in [5.74, 6) is 0.325. The molecule has 0 aliphatic heterocycles. The first-order chi connectivity index (χ1) is 14.8. The molecule has 0 saturated carbocycles. The van der Waals surface area contributed by atoms with E-state index in [4.69, 9.17) is 4.74 Å². The quantitative estimate of drug-likeness (QED) is 0.575. The second kappa shape index (κ2) is 9.66. The predicted molar refractivity (Wildman–Crippen MR) is 122 cm³/mol. The van der Waals surface area contributed by atoms with Crippen LogP contribution in [-0.4, -0.2) is 28.0 Å². The van der Waals surface area contributed by atoms with Crippen LogP contribution in [0.2, 0.25) is 0 Å². The summed E-state index contributed by atoms with van der Waals surface area (Å²) in [4.78, 5) is 13.0. The minimum absolute atomic E-state index is 0.132. The lowest BCUT2D eigenvalue weighted by Crippen LogP contribution is -2.41. The maximum Gasteiger partial charge on any atom is 0.264 e. The Morgan fingerprint density at radius 3 is 2.29 bits per heavy atom. The fourth-order valence-corrected chi connectivity index (χ4v) is 4.65. The molecule has 0 unspecified atom stereocenters. The van der Waals surface area contributed by atoms with Gasteiger partial charge in [-0.2, -0.15) is 0 Å². The van der Waals surface area contributed by atoms with Crippen LogP contribution in [0.15, 0.2) is 83.8 Å². The normalized spacial score (nSPS) is 12.1. The van der Waals surface area contributed by atoms with Crippen LogP contribution in [0.4, 0.5) is 5.69 Å². The summed E-state index contributed by atoms with van der Waals surface area (Å²) < 4.78 is 33.0. The number of nitrogens with zero attached hydrogens (tertiary/aromatic N) is 1. The summed E-state index contributed by atoms with van der Waals surface area (Å²) in [6.07, 6.45) is 0. The molecule has 3 aromatic rings. The van der Waals surface area contributed by atoms with Crippen LogP contribution in [0, 0.1) is 6.92 Å². The van der Waals surface area contributed by atoms with E-state index in [2.05, 4.69) is 5.32 Å². The van der Waals surface area contributed by atoms with Crippen LogP contribution in [0.5, 0.6) is 5.75 Å². The molecule has 31 heavy (non-hydrogen) atoms. The number of nitrogens with one attached hydrogen (secondary N) is 1. The molecule has 1 amide bonds. The molecule has 6 nitrogen and oxygen atoms in total. The van der Waals surface area contributed by atoms with Gasteiger partial charge in [0.05, 0.1) is 23.7 Å². The zero-order chi connectivity index (χ0) is 22.4. The third kappa shape index (κ3) is 5.44. The largest absolute Gasteiger partial charge is 0.497 e. The smallest absolute Gasteiger partial charge is 0.264 e. The molecule has 1 N–H and O–H groups in total. The van der Waals surface area contributed by atoms with Crippen molar-refractivity contribution in [2.45, 2.75) is 24.8 Å². The maximum absolute atomic E-state index is 13.3. The molecule has 0 aliphatic carbocycles. The van der Waals surface area contributed by atoms with Gasteiger partial charge in [0.1, 0.15) is 12.3 Å². The molecule has 3 rings (SSSR count). The highest BCUT2D eigenvalue weighted by atomic mass is 32.2. The SMILES string of the molecule is COc1ccc([C@@H](C)NC(=O)CN(c2cccc(C)c2)S(=O)(=O)c2ccccc2)cc1. The Balaban J connectivity index is 1.85. The van der Waals surface area contributed by atoms with Crippen molar-refractivity contribution in [1.29, 1.82) is 0 Å². The van der Waals surface area contributed by atoms with E-state index < -0.39 is 15.9 Å². The highest BCUT2D eigenvalue weighted by Crippen LogP contribution is 2.24. The van der Waals surface area contributed by atoms with Crippen LogP contribution in [0.3, 0.4) is 0 Å². The van der Waals surface area contributed by atoms with Crippen molar-refractivity contribution in [2.75, 3.05) is 18.0 Å². The molecule has 3 aromatic carbocycles. The Morgan fingerprint density at radius 1 is 1.00 bits per heavy atom. The fourth-order valence-electron chi connectivity index (χ4n) is 3.21. The lowest BCUT2D eigenvalue weighted by molar-refractivity contribution is -0.120. The fraction of sp³-hybridized carbons (Fsp3) is 0.208. The number of carbonyl (C=O) groups is 1. The average Bonchev–Trinajstić information content (AvgIpc) is 2.78. The van der Waals surface area contributed by atoms with Crippen LogP contribution in [0.1, 0.15) is 24.1 Å². The molecule has 0 heterocycles. The molecule has 7 heteroatoms. The minimum Gasteiger partial charge on any atom is -0.497 e.